The van der Waals surface area contributed by atoms with Gasteiger partial charge in [-0.1, -0.05) is 11.6 Å². The molecule has 17 heavy (non-hydrogen) atoms. The van der Waals surface area contributed by atoms with Crippen LogP contribution in [0.25, 0.3) is 0 Å². The van der Waals surface area contributed by atoms with Gasteiger partial charge in [-0.3, -0.25) is 10.1 Å². The van der Waals surface area contributed by atoms with Gasteiger partial charge in [0.1, 0.15) is 10.0 Å². The molecule has 1 amide bonds. The first kappa shape index (κ1) is 11.9. The molecule has 2 heterocycles. The lowest BCUT2D eigenvalue weighted by Gasteiger charge is -2.02. The van der Waals surface area contributed by atoms with Crippen molar-refractivity contribution in [1.29, 1.82) is 0 Å². The molecule has 7 heteroatoms. The van der Waals surface area contributed by atoms with E-state index in [0.717, 1.165) is 5.01 Å². The third-order valence-electron chi connectivity index (χ3n) is 1.89. The number of aryl methyl sites for hydroxylation is 2. The first-order valence-corrected chi connectivity index (χ1v) is 5.99. The average molecular weight is 269 g/mol. The number of anilines is 1. The Hall–Kier alpha value is -1.53. The third-order valence-corrected chi connectivity index (χ3v) is 3.00. The summed E-state index contributed by atoms with van der Waals surface area (Å²) >= 11 is 7.08. The molecule has 0 atom stereocenters. The van der Waals surface area contributed by atoms with E-state index in [9.17, 15) is 4.79 Å². The predicted octanol–water partition coefficient (Wildman–Crippen LogP) is 2.46. The van der Waals surface area contributed by atoms with Gasteiger partial charge in [0.15, 0.2) is 0 Å². The first-order chi connectivity index (χ1) is 8.04. The predicted molar refractivity (Wildman–Crippen MR) is 66.6 cm³/mol. The first-order valence-electron chi connectivity index (χ1n) is 4.79. The van der Waals surface area contributed by atoms with E-state index in [1.54, 1.807) is 13.0 Å². The average Bonchev–Trinajstić information content (AvgIpc) is 2.63. The molecule has 2 rings (SSSR count). The minimum Gasteiger partial charge on any atom is -0.290 e. The summed E-state index contributed by atoms with van der Waals surface area (Å²) in [6, 6.07) is 1.62. The SMILES string of the molecule is Cc1cc(Cl)nc(NC(=O)c2cnc(C)s2)n1. The van der Waals surface area contributed by atoms with Crippen molar-refractivity contribution in [2.75, 3.05) is 5.32 Å². The Morgan fingerprint density at radius 1 is 1.41 bits per heavy atom. The molecule has 0 aliphatic carbocycles. The summed E-state index contributed by atoms with van der Waals surface area (Å²) in [5.41, 5.74) is 0.695. The van der Waals surface area contributed by atoms with Gasteiger partial charge in [0, 0.05) is 5.69 Å². The normalized spacial score (nSPS) is 10.3. The lowest BCUT2D eigenvalue weighted by atomic mass is 10.4. The molecule has 0 saturated carbocycles. The van der Waals surface area contributed by atoms with Crippen molar-refractivity contribution in [2.24, 2.45) is 0 Å². The summed E-state index contributed by atoms with van der Waals surface area (Å²) in [7, 11) is 0. The lowest BCUT2D eigenvalue weighted by Crippen LogP contribution is -2.13. The highest BCUT2D eigenvalue weighted by molar-refractivity contribution is 7.13. The monoisotopic (exact) mass is 268 g/mol. The number of hydrogen-bond acceptors (Lipinski definition) is 5. The molecule has 2 aromatic rings. The molecule has 2 aromatic heterocycles. The number of aromatic nitrogens is 3. The van der Waals surface area contributed by atoms with Crippen molar-refractivity contribution in [1.82, 2.24) is 15.0 Å². The van der Waals surface area contributed by atoms with Crippen LogP contribution in [0.2, 0.25) is 5.15 Å². The highest BCUT2D eigenvalue weighted by Gasteiger charge is 2.11. The van der Waals surface area contributed by atoms with Crippen molar-refractivity contribution in [3.8, 4) is 0 Å². The Labute approximate surface area is 107 Å². The number of thiazole rings is 1. The Bertz CT molecular complexity index is 549. The van der Waals surface area contributed by atoms with Gasteiger partial charge in [-0.2, -0.15) is 0 Å². The number of nitrogens with one attached hydrogen (secondary N) is 1. The van der Waals surface area contributed by atoms with Gasteiger partial charge < -0.3 is 0 Å². The summed E-state index contributed by atoms with van der Waals surface area (Å²) in [5, 5.41) is 3.71. The second-order valence-electron chi connectivity index (χ2n) is 3.35. The largest absolute Gasteiger partial charge is 0.290 e. The van der Waals surface area contributed by atoms with Crippen LogP contribution in [0, 0.1) is 13.8 Å². The number of hydrogen-bond donors (Lipinski definition) is 1. The lowest BCUT2D eigenvalue weighted by molar-refractivity contribution is 0.102. The molecular formula is C10H9ClN4OS. The van der Waals surface area contributed by atoms with Gasteiger partial charge in [0.2, 0.25) is 5.95 Å². The molecule has 0 spiro atoms. The maximum absolute atomic E-state index is 11.8. The Kier molecular flexibility index (Phi) is 3.35. The molecule has 0 fully saturated rings. The van der Waals surface area contributed by atoms with E-state index < -0.39 is 0 Å². The van der Waals surface area contributed by atoms with Crippen LogP contribution in [0.15, 0.2) is 12.3 Å². The third kappa shape index (κ3) is 2.98. The fourth-order valence-electron chi connectivity index (χ4n) is 1.22. The second-order valence-corrected chi connectivity index (χ2v) is 4.98. The van der Waals surface area contributed by atoms with Crippen LogP contribution in [-0.2, 0) is 0 Å². The van der Waals surface area contributed by atoms with Gasteiger partial charge in [-0.15, -0.1) is 11.3 Å². The fraction of sp³-hybridized carbons (Fsp3) is 0.200. The maximum atomic E-state index is 11.8. The molecule has 0 unspecified atom stereocenters. The van der Waals surface area contributed by atoms with Gasteiger partial charge in [0.05, 0.1) is 11.2 Å². The van der Waals surface area contributed by atoms with Crippen LogP contribution in [0.1, 0.15) is 20.4 Å². The summed E-state index contributed by atoms with van der Waals surface area (Å²) in [5.74, 6) is -0.0803. The quantitative estimate of drug-likeness (QED) is 0.850. The smallest absolute Gasteiger partial charge is 0.269 e. The minimum absolute atomic E-state index is 0.200. The summed E-state index contributed by atoms with van der Waals surface area (Å²) in [6.45, 7) is 3.61. The van der Waals surface area contributed by atoms with Gasteiger partial charge in [0.25, 0.3) is 5.91 Å². The van der Waals surface area contributed by atoms with E-state index in [0.29, 0.717) is 15.7 Å². The van der Waals surface area contributed by atoms with E-state index in [4.69, 9.17) is 11.6 Å². The van der Waals surface area contributed by atoms with Gasteiger partial charge >= 0.3 is 0 Å². The summed E-state index contributed by atoms with van der Waals surface area (Å²) < 4.78 is 0. The van der Waals surface area contributed by atoms with Crippen LogP contribution in [-0.4, -0.2) is 20.9 Å². The van der Waals surface area contributed by atoms with Gasteiger partial charge in [-0.05, 0) is 19.9 Å². The molecule has 0 aromatic carbocycles. The van der Waals surface area contributed by atoms with E-state index in [-0.39, 0.29) is 11.9 Å². The zero-order valence-electron chi connectivity index (χ0n) is 9.19. The number of halogens is 1. The Morgan fingerprint density at radius 3 is 2.76 bits per heavy atom. The number of amides is 1. The zero-order chi connectivity index (χ0) is 12.4. The summed E-state index contributed by atoms with van der Waals surface area (Å²) in [4.78, 5) is 24.3. The molecule has 0 radical (unpaired) electrons. The second kappa shape index (κ2) is 4.77. The number of nitrogens with zero attached hydrogens (tertiary/aromatic N) is 3. The fourth-order valence-corrected chi connectivity index (χ4v) is 2.13. The Morgan fingerprint density at radius 2 is 2.18 bits per heavy atom. The molecule has 0 aliphatic heterocycles. The number of carbonyl (C=O) groups is 1. The maximum Gasteiger partial charge on any atom is 0.269 e. The van der Waals surface area contributed by atoms with Gasteiger partial charge in [-0.25, -0.2) is 15.0 Å². The number of carbonyl (C=O) groups excluding carboxylic acids is 1. The van der Waals surface area contributed by atoms with E-state index >= 15 is 0 Å². The minimum atomic E-state index is -0.280. The van der Waals surface area contributed by atoms with Crippen molar-refractivity contribution in [2.45, 2.75) is 13.8 Å². The number of rotatable bonds is 2. The highest BCUT2D eigenvalue weighted by atomic mass is 35.5. The molecule has 0 bridgehead atoms. The van der Waals surface area contributed by atoms with E-state index in [1.807, 2.05) is 6.92 Å². The van der Waals surface area contributed by atoms with Crippen molar-refractivity contribution < 1.29 is 4.79 Å². The Balaban J connectivity index is 2.18. The van der Waals surface area contributed by atoms with Crippen LogP contribution in [0.5, 0.6) is 0 Å². The van der Waals surface area contributed by atoms with E-state index in [1.165, 1.54) is 17.5 Å². The van der Waals surface area contributed by atoms with Crippen LogP contribution in [0.4, 0.5) is 5.95 Å². The standard InChI is InChI=1S/C10H9ClN4OS/c1-5-3-8(11)14-10(13-5)15-9(16)7-4-12-6(2)17-7/h3-4H,1-2H3,(H,13,14,15,16). The molecule has 88 valence electrons. The molecule has 5 nitrogen and oxygen atoms in total. The highest BCUT2D eigenvalue weighted by Crippen LogP contribution is 2.14. The van der Waals surface area contributed by atoms with E-state index in [2.05, 4.69) is 20.3 Å². The molecule has 1 N–H and O–H groups in total. The zero-order valence-corrected chi connectivity index (χ0v) is 10.8. The van der Waals surface area contributed by atoms with Crippen molar-refractivity contribution >= 4 is 34.8 Å². The topological polar surface area (TPSA) is 67.8 Å². The van der Waals surface area contributed by atoms with Crippen molar-refractivity contribution in [3.05, 3.63) is 33.0 Å². The molecular weight excluding hydrogens is 260 g/mol. The molecule has 0 saturated heterocycles. The van der Waals surface area contributed by atoms with Crippen LogP contribution < -0.4 is 5.32 Å². The summed E-state index contributed by atoms with van der Waals surface area (Å²) in [6.07, 6.45) is 1.52. The van der Waals surface area contributed by atoms with Crippen molar-refractivity contribution in [3.63, 3.8) is 0 Å². The molecule has 0 aliphatic rings. The van der Waals surface area contributed by atoms with Crippen LogP contribution >= 0.6 is 22.9 Å². The van der Waals surface area contributed by atoms with Crippen LogP contribution in [0.3, 0.4) is 0 Å².